The monoisotopic (exact) mass is 485 g/mol. The summed E-state index contributed by atoms with van der Waals surface area (Å²) in [7, 11) is 8.72. The molecule has 2 rings (SSSR count). The van der Waals surface area contributed by atoms with E-state index in [9.17, 15) is 0 Å². The first-order chi connectivity index (χ1) is 12.6. The lowest BCUT2D eigenvalue weighted by molar-refractivity contribution is 0.354. The minimum absolute atomic E-state index is 0. The molecule has 0 aliphatic heterocycles. The molecule has 2 aromatic carbocycles. The number of aliphatic imine (C=N–C) groups is 1. The van der Waals surface area contributed by atoms with Crippen LogP contribution in [0.15, 0.2) is 47.5 Å². The molecule has 0 aliphatic rings. The lowest BCUT2D eigenvalue weighted by Crippen LogP contribution is -2.38. The summed E-state index contributed by atoms with van der Waals surface area (Å²) in [6.07, 6.45) is 0. The molecule has 0 saturated heterocycles. The van der Waals surface area contributed by atoms with Crippen molar-refractivity contribution in [3.63, 3.8) is 0 Å². The number of rotatable bonds is 7. The first kappa shape index (κ1) is 22.9. The number of guanidine groups is 1. The van der Waals surface area contributed by atoms with Gasteiger partial charge < -0.3 is 24.4 Å². The fourth-order valence-corrected chi connectivity index (χ4v) is 2.64. The quantitative estimate of drug-likeness (QED) is 0.370. The summed E-state index contributed by atoms with van der Waals surface area (Å²) in [5, 5.41) is 3.37. The summed E-state index contributed by atoms with van der Waals surface area (Å²) in [4.78, 5) is 6.43. The molecule has 0 saturated carbocycles. The van der Waals surface area contributed by atoms with Gasteiger partial charge >= 0.3 is 0 Å². The number of methoxy groups -OCH3 is 3. The molecule has 6 nitrogen and oxygen atoms in total. The molecule has 0 aliphatic carbocycles. The molecule has 0 atom stereocenters. The number of hydrogen-bond donors (Lipinski definition) is 1. The van der Waals surface area contributed by atoms with Crippen LogP contribution < -0.4 is 19.5 Å². The molecule has 0 heterocycles. The zero-order valence-electron chi connectivity index (χ0n) is 16.5. The first-order valence-electron chi connectivity index (χ1n) is 8.37. The molecular weight excluding hydrogens is 457 g/mol. The first-order valence-corrected chi connectivity index (χ1v) is 8.37. The number of benzene rings is 2. The van der Waals surface area contributed by atoms with Crippen molar-refractivity contribution in [2.75, 3.05) is 35.4 Å². The van der Waals surface area contributed by atoms with Crippen LogP contribution in [-0.4, -0.2) is 46.3 Å². The number of nitrogens with one attached hydrogen (secondary N) is 1. The Morgan fingerprint density at radius 3 is 2.11 bits per heavy atom. The van der Waals surface area contributed by atoms with Crippen molar-refractivity contribution < 1.29 is 14.2 Å². The van der Waals surface area contributed by atoms with E-state index in [-0.39, 0.29) is 24.0 Å². The van der Waals surface area contributed by atoms with Gasteiger partial charge in [-0.1, -0.05) is 18.2 Å². The largest absolute Gasteiger partial charge is 0.497 e. The summed E-state index contributed by atoms with van der Waals surface area (Å²) >= 11 is 0. The maximum absolute atomic E-state index is 5.35. The van der Waals surface area contributed by atoms with Gasteiger partial charge in [0, 0.05) is 27.2 Å². The zero-order valence-corrected chi connectivity index (χ0v) is 18.8. The third kappa shape index (κ3) is 6.50. The van der Waals surface area contributed by atoms with Crippen LogP contribution >= 0.6 is 24.0 Å². The van der Waals surface area contributed by atoms with E-state index in [0.717, 1.165) is 29.6 Å². The van der Waals surface area contributed by atoms with Gasteiger partial charge in [0.15, 0.2) is 17.5 Å². The lowest BCUT2D eigenvalue weighted by atomic mass is 10.2. The van der Waals surface area contributed by atoms with Gasteiger partial charge in [-0.05, 0) is 35.4 Å². The Balaban J connectivity index is 0.00000364. The summed E-state index contributed by atoms with van der Waals surface area (Å²) in [5.41, 5.74) is 2.27. The van der Waals surface area contributed by atoms with E-state index < -0.39 is 0 Å². The summed E-state index contributed by atoms with van der Waals surface area (Å²) in [5.74, 6) is 3.11. The fourth-order valence-electron chi connectivity index (χ4n) is 2.64. The van der Waals surface area contributed by atoms with Crippen LogP contribution in [0.25, 0.3) is 0 Å². The van der Waals surface area contributed by atoms with E-state index in [2.05, 4.69) is 27.3 Å². The summed E-state index contributed by atoms with van der Waals surface area (Å²) in [6, 6.07) is 13.9. The molecule has 0 unspecified atom stereocenters. The van der Waals surface area contributed by atoms with E-state index in [1.807, 2.05) is 37.4 Å². The highest BCUT2D eigenvalue weighted by molar-refractivity contribution is 14.0. The highest BCUT2D eigenvalue weighted by atomic mass is 127. The van der Waals surface area contributed by atoms with Gasteiger partial charge in [0.05, 0.1) is 21.3 Å². The van der Waals surface area contributed by atoms with E-state index >= 15 is 0 Å². The van der Waals surface area contributed by atoms with Gasteiger partial charge in [0.25, 0.3) is 0 Å². The van der Waals surface area contributed by atoms with E-state index in [1.165, 1.54) is 5.56 Å². The van der Waals surface area contributed by atoms with Crippen LogP contribution in [0.4, 0.5) is 0 Å². The molecule has 0 bridgehead atoms. The topological polar surface area (TPSA) is 55.3 Å². The summed E-state index contributed by atoms with van der Waals surface area (Å²) < 4.78 is 15.8. The molecule has 0 radical (unpaired) electrons. The third-order valence-corrected chi connectivity index (χ3v) is 4.05. The molecule has 148 valence electrons. The van der Waals surface area contributed by atoms with Crippen molar-refractivity contribution in [1.82, 2.24) is 10.2 Å². The van der Waals surface area contributed by atoms with Crippen LogP contribution in [-0.2, 0) is 13.1 Å². The maximum Gasteiger partial charge on any atom is 0.193 e. The Kier molecular flexibility index (Phi) is 9.77. The zero-order chi connectivity index (χ0) is 18.9. The van der Waals surface area contributed by atoms with Gasteiger partial charge in [-0.2, -0.15) is 0 Å². The average Bonchev–Trinajstić information content (AvgIpc) is 2.68. The summed E-state index contributed by atoms with van der Waals surface area (Å²) in [6.45, 7) is 1.38. The Labute approximate surface area is 178 Å². The number of halogens is 1. The molecule has 1 N–H and O–H groups in total. The molecule has 0 spiro atoms. The van der Waals surface area contributed by atoms with Gasteiger partial charge in [-0.25, -0.2) is 0 Å². The van der Waals surface area contributed by atoms with Crippen LogP contribution in [0.5, 0.6) is 17.2 Å². The van der Waals surface area contributed by atoms with Gasteiger partial charge in [0.2, 0.25) is 0 Å². The van der Waals surface area contributed by atoms with Crippen LogP contribution in [0, 0.1) is 0 Å². The van der Waals surface area contributed by atoms with E-state index in [4.69, 9.17) is 14.2 Å². The fraction of sp³-hybridized carbons (Fsp3) is 0.350. The van der Waals surface area contributed by atoms with Crippen molar-refractivity contribution in [3.8, 4) is 17.2 Å². The molecule has 0 aromatic heterocycles. The van der Waals surface area contributed by atoms with Crippen molar-refractivity contribution >= 4 is 29.9 Å². The Hall–Kier alpha value is -2.16. The van der Waals surface area contributed by atoms with Crippen LogP contribution in [0.2, 0.25) is 0 Å². The smallest absolute Gasteiger partial charge is 0.193 e. The van der Waals surface area contributed by atoms with Crippen LogP contribution in [0.3, 0.4) is 0 Å². The van der Waals surface area contributed by atoms with E-state index in [1.54, 1.807) is 28.4 Å². The molecule has 0 fully saturated rings. The SMILES string of the molecule is CN=C(NCc1ccc(OC)c(OC)c1)N(C)Cc1ccc(OC)cc1.I. The molecule has 7 heteroatoms. The molecular formula is C20H28IN3O3. The van der Waals surface area contributed by atoms with Gasteiger partial charge in [0.1, 0.15) is 5.75 Å². The second-order valence-electron chi connectivity index (χ2n) is 5.79. The van der Waals surface area contributed by atoms with Crippen molar-refractivity contribution in [1.29, 1.82) is 0 Å². The third-order valence-electron chi connectivity index (χ3n) is 4.05. The average molecular weight is 485 g/mol. The minimum Gasteiger partial charge on any atom is -0.497 e. The molecule has 0 amide bonds. The Morgan fingerprint density at radius 1 is 0.926 bits per heavy atom. The normalized spacial score (nSPS) is 10.6. The Morgan fingerprint density at radius 2 is 1.56 bits per heavy atom. The predicted molar refractivity (Wildman–Crippen MR) is 120 cm³/mol. The van der Waals surface area contributed by atoms with Crippen molar-refractivity contribution in [2.45, 2.75) is 13.1 Å². The van der Waals surface area contributed by atoms with E-state index in [0.29, 0.717) is 12.3 Å². The highest BCUT2D eigenvalue weighted by Crippen LogP contribution is 2.27. The van der Waals surface area contributed by atoms with Crippen molar-refractivity contribution in [3.05, 3.63) is 53.6 Å². The molecule has 2 aromatic rings. The second kappa shape index (κ2) is 11.5. The van der Waals surface area contributed by atoms with Gasteiger partial charge in [-0.15, -0.1) is 24.0 Å². The van der Waals surface area contributed by atoms with Gasteiger partial charge in [-0.3, -0.25) is 4.99 Å². The minimum atomic E-state index is 0. The maximum atomic E-state index is 5.35. The second-order valence-corrected chi connectivity index (χ2v) is 5.79. The lowest BCUT2D eigenvalue weighted by Gasteiger charge is -2.22. The van der Waals surface area contributed by atoms with Crippen molar-refractivity contribution in [2.24, 2.45) is 4.99 Å². The number of hydrogen-bond acceptors (Lipinski definition) is 4. The standard InChI is InChI=1S/C20H27N3O3.HI/c1-21-20(23(2)14-15-6-9-17(24-3)10-7-15)22-13-16-8-11-18(25-4)19(12-16)26-5;/h6-12H,13-14H2,1-5H3,(H,21,22);1H. The highest BCUT2D eigenvalue weighted by Gasteiger charge is 2.09. The molecule has 27 heavy (non-hydrogen) atoms. The predicted octanol–water partition coefficient (Wildman–Crippen LogP) is 3.54. The number of ether oxygens (including phenoxy) is 3. The number of nitrogens with zero attached hydrogens (tertiary/aromatic N) is 2. The van der Waals surface area contributed by atoms with Crippen LogP contribution in [0.1, 0.15) is 11.1 Å². The Bertz CT molecular complexity index is 736.